The second-order valence-corrected chi connectivity index (χ2v) is 7.79. The van der Waals surface area contributed by atoms with Crippen LogP contribution in [0.5, 0.6) is 11.5 Å². The molecule has 0 saturated carbocycles. The van der Waals surface area contributed by atoms with Gasteiger partial charge in [-0.05, 0) is 60.2 Å². The number of methoxy groups -OCH3 is 1. The molecule has 0 aliphatic carbocycles. The van der Waals surface area contributed by atoms with Gasteiger partial charge in [0.05, 0.1) is 18.8 Å². The lowest BCUT2D eigenvalue weighted by atomic mass is 10.0. The monoisotopic (exact) mass is 424 g/mol. The van der Waals surface area contributed by atoms with Crippen molar-refractivity contribution in [2.45, 2.75) is 12.3 Å². The van der Waals surface area contributed by atoms with E-state index in [1.165, 1.54) is 0 Å². The summed E-state index contributed by atoms with van der Waals surface area (Å²) >= 11 is 12.8. The van der Waals surface area contributed by atoms with E-state index in [9.17, 15) is 0 Å². The van der Waals surface area contributed by atoms with E-state index >= 15 is 0 Å². The van der Waals surface area contributed by atoms with E-state index in [2.05, 4.69) is 16.5 Å². The minimum atomic E-state index is -0.380. The van der Waals surface area contributed by atoms with Crippen LogP contribution < -0.4 is 14.9 Å². The molecule has 0 amide bonds. The maximum atomic E-state index is 6.50. The number of rotatable bonds is 3. The molecule has 0 unspecified atom stereocenters. The van der Waals surface area contributed by atoms with Crippen LogP contribution in [0, 0.1) is 0 Å². The summed E-state index contributed by atoms with van der Waals surface area (Å²) in [7, 11) is 1.66. The molecule has 2 heterocycles. The van der Waals surface area contributed by atoms with Gasteiger partial charge in [-0.3, -0.25) is 0 Å². The first kappa shape index (κ1) is 18.4. The van der Waals surface area contributed by atoms with Gasteiger partial charge in [-0.15, -0.1) is 0 Å². The Bertz CT molecular complexity index is 1100. The molecule has 1 N–H and O–H groups in total. The number of halogens is 2. The second-order valence-electron chi connectivity index (χ2n) is 6.95. The normalized spacial score (nSPS) is 20.2. The summed E-state index contributed by atoms with van der Waals surface area (Å²) in [5.41, 5.74) is 7.47. The molecule has 0 bridgehead atoms. The van der Waals surface area contributed by atoms with Crippen LogP contribution in [0.3, 0.4) is 0 Å². The molecular weight excluding hydrogens is 407 g/mol. The maximum absolute atomic E-state index is 6.50. The van der Waals surface area contributed by atoms with E-state index in [-0.39, 0.29) is 12.3 Å². The topological polar surface area (TPSA) is 33.7 Å². The van der Waals surface area contributed by atoms with Crippen molar-refractivity contribution in [3.05, 3.63) is 99.5 Å². The number of fused-ring (bicyclic) bond motifs is 3. The zero-order valence-electron chi connectivity index (χ0n) is 15.6. The van der Waals surface area contributed by atoms with Crippen LogP contribution in [0.15, 0.2) is 72.8 Å². The fraction of sp³-hybridized carbons (Fsp3) is 0.130. The number of benzene rings is 3. The van der Waals surface area contributed by atoms with Gasteiger partial charge in [0.1, 0.15) is 11.5 Å². The van der Waals surface area contributed by atoms with Crippen molar-refractivity contribution in [1.29, 1.82) is 0 Å². The molecule has 2 atom stereocenters. The highest BCUT2D eigenvalue weighted by Crippen LogP contribution is 2.47. The zero-order chi connectivity index (χ0) is 20.0. The first-order valence-electron chi connectivity index (χ1n) is 9.26. The third-order valence-corrected chi connectivity index (χ3v) is 5.81. The summed E-state index contributed by atoms with van der Waals surface area (Å²) in [6, 6.07) is 21.4. The average molecular weight is 425 g/mol. The Labute approximate surface area is 179 Å². The number of hydrogen-bond acceptors (Lipinski definition) is 4. The predicted octanol–water partition coefficient (Wildman–Crippen LogP) is 6.00. The number of nitrogens with one attached hydrogen (secondary N) is 1. The molecular formula is C23H18Cl2N2O2. The van der Waals surface area contributed by atoms with Gasteiger partial charge in [-0.25, -0.2) is 0 Å². The van der Waals surface area contributed by atoms with Gasteiger partial charge >= 0.3 is 0 Å². The van der Waals surface area contributed by atoms with Gasteiger partial charge in [-0.1, -0.05) is 41.4 Å². The summed E-state index contributed by atoms with van der Waals surface area (Å²) in [6.07, 6.45) is 1.80. The van der Waals surface area contributed by atoms with E-state index in [0.717, 1.165) is 33.9 Å². The highest BCUT2D eigenvalue weighted by molar-refractivity contribution is 6.31. The SMILES string of the molecule is COc1ccc(C2=C[C@@H]3c4cc(Cl)ccc4O[C@H](c4ccccc4Cl)N3N2)cc1. The van der Waals surface area contributed by atoms with Crippen LogP contribution in [0.4, 0.5) is 0 Å². The lowest BCUT2D eigenvalue weighted by Crippen LogP contribution is -2.43. The second kappa shape index (κ2) is 7.30. The lowest BCUT2D eigenvalue weighted by Gasteiger charge is -2.39. The lowest BCUT2D eigenvalue weighted by molar-refractivity contribution is -0.0325. The molecule has 6 heteroatoms. The molecule has 0 aromatic heterocycles. The third-order valence-electron chi connectivity index (χ3n) is 5.23. The molecule has 5 rings (SSSR count). The summed E-state index contributed by atoms with van der Waals surface area (Å²) in [4.78, 5) is 0. The standard InChI is InChI=1S/C23H18Cl2N2O2/c1-28-16-9-6-14(7-10-16)20-13-21-18-12-15(24)8-11-22(18)29-23(27(21)26-20)17-4-2-3-5-19(17)25/h2-13,21,23,26H,1H3/t21-,23-/m1/s1. The largest absolute Gasteiger partial charge is 0.497 e. The Morgan fingerprint density at radius 3 is 2.52 bits per heavy atom. The third kappa shape index (κ3) is 3.23. The molecule has 4 nitrogen and oxygen atoms in total. The number of nitrogens with zero attached hydrogens (tertiary/aromatic N) is 1. The van der Waals surface area contributed by atoms with Crippen molar-refractivity contribution in [1.82, 2.24) is 10.4 Å². The highest BCUT2D eigenvalue weighted by Gasteiger charge is 2.40. The Hall–Kier alpha value is -2.66. The fourth-order valence-electron chi connectivity index (χ4n) is 3.78. The van der Waals surface area contributed by atoms with Crippen molar-refractivity contribution < 1.29 is 9.47 Å². The minimum Gasteiger partial charge on any atom is -0.497 e. The van der Waals surface area contributed by atoms with Gasteiger partial charge in [0.25, 0.3) is 0 Å². The molecule has 3 aromatic rings. The molecule has 0 radical (unpaired) electrons. The molecule has 0 spiro atoms. The van der Waals surface area contributed by atoms with Crippen LogP contribution in [-0.2, 0) is 0 Å². The van der Waals surface area contributed by atoms with E-state index in [0.29, 0.717) is 10.0 Å². The number of hydrazine groups is 1. The molecule has 2 aliphatic rings. The van der Waals surface area contributed by atoms with E-state index in [4.69, 9.17) is 32.7 Å². The molecule has 2 aliphatic heterocycles. The van der Waals surface area contributed by atoms with Gasteiger partial charge in [-0.2, -0.15) is 5.01 Å². The van der Waals surface area contributed by atoms with E-state index in [1.807, 2.05) is 66.7 Å². The molecule has 29 heavy (non-hydrogen) atoms. The minimum absolute atomic E-state index is 0.0455. The summed E-state index contributed by atoms with van der Waals surface area (Å²) < 4.78 is 11.6. The van der Waals surface area contributed by atoms with E-state index < -0.39 is 0 Å². The van der Waals surface area contributed by atoms with Crippen LogP contribution in [-0.4, -0.2) is 12.1 Å². The fourth-order valence-corrected chi connectivity index (χ4v) is 4.19. The van der Waals surface area contributed by atoms with Crippen LogP contribution in [0.2, 0.25) is 10.0 Å². The Morgan fingerprint density at radius 2 is 1.76 bits per heavy atom. The van der Waals surface area contributed by atoms with Crippen molar-refractivity contribution >= 4 is 28.9 Å². The van der Waals surface area contributed by atoms with Gasteiger partial charge in [0, 0.05) is 21.2 Å². The number of ether oxygens (including phenoxy) is 2. The van der Waals surface area contributed by atoms with Gasteiger partial charge in [0.2, 0.25) is 0 Å². The first-order valence-corrected chi connectivity index (χ1v) is 10.0. The van der Waals surface area contributed by atoms with E-state index in [1.54, 1.807) is 7.11 Å². The summed E-state index contributed by atoms with van der Waals surface area (Å²) in [6.45, 7) is 0. The highest BCUT2D eigenvalue weighted by atomic mass is 35.5. The first-order chi connectivity index (χ1) is 14.1. The Morgan fingerprint density at radius 1 is 0.966 bits per heavy atom. The number of hydrogen-bond donors (Lipinski definition) is 1. The quantitative estimate of drug-likeness (QED) is 0.559. The Balaban J connectivity index is 1.59. The van der Waals surface area contributed by atoms with Crippen molar-refractivity contribution in [2.75, 3.05) is 7.11 Å². The van der Waals surface area contributed by atoms with Crippen LogP contribution in [0.1, 0.15) is 29.0 Å². The van der Waals surface area contributed by atoms with Crippen molar-refractivity contribution in [3.63, 3.8) is 0 Å². The predicted molar refractivity (Wildman–Crippen MR) is 115 cm³/mol. The molecule has 0 fully saturated rings. The van der Waals surface area contributed by atoms with Crippen molar-refractivity contribution in [2.24, 2.45) is 0 Å². The zero-order valence-corrected chi connectivity index (χ0v) is 17.1. The molecule has 0 saturated heterocycles. The summed E-state index contributed by atoms with van der Waals surface area (Å²) in [5.74, 6) is 1.62. The van der Waals surface area contributed by atoms with Crippen LogP contribution >= 0.6 is 23.2 Å². The maximum Gasteiger partial charge on any atom is 0.197 e. The molecule has 3 aromatic carbocycles. The van der Waals surface area contributed by atoms with Gasteiger partial charge in [0.15, 0.2) is 6.23 Å². The van der Waals surface area contributed by atoms with Crippen molar-refractivity contribution in [3.8, 4) is 11.5 Å². The smallest absolute Gasteiger partial charge is 0.197 e. The average Bonchev–Trinajstić information content (AvgIpc) is 3.20. The Kier molecular flexibility index (Phi) is 4.63. The molecule has 146 valence electrons. The van der Waals surface area contributed by atoms with Crippen LogP contribution in [0.25, 0.3) is 5.70 Å². The van der Waals surface area contributed by atoms with Gasteiger partial charge < -0.3 is 14.9 Å². The summed E-state index contributed by atoms with van der Waals surface area (Å²) in [5, 5.41) is 3.41.